The largest absolute Gasteiger partial charge is 0.482 e. The highest BCUT2D eigenvalue weighted by atomic mass is 35.5. The molecule has 3 amide bonds. The molecule has 32 heavy (non-hydrogen) atoms. The van der Waals surface area contributed by atoms with Gasteiger partial charge < -0.3 is 14.8 Å². The molecule has 0 aromatic heterocycles. The summed E-state index contributed by atoms with van der Waals surface area (Å²) in [5.74, 6) is -2.87. The molecule has 164 valence electrons. The van der Waals surface area contributed by atoms with Crippen LogP contribution in [0.3, 0.4) is 0 Å². The third kappa shape index (κ3) is 3.80. The SMILES string of the molecule is C[C@@H](C(=O)OCC(=O)c1ccc2c(c1)NC(=O)CO2)N1C(=O)c2cc(Cl)c(Cl)cc2C1=O. The number of carbonyl (C=O) groups is 5. The Morgan fingerprint density at radius 3 is 2.34 bits per heavy atom. The van der Waals surface area contributed by atoms with Gasteiger partial charge in [0.2, 0.25) is 0 Å². The molecule has 0 aliphatic carbocycles. The van der Waals surface area contributed by atoms with E-state index >= 15 is 0 Å². The molecular weight excluding hydrogens is 463 g/mol. The second-order valence-electron chi connectivity index (χ2n) is 7.05. The molecule has 4 rings (SSSR count). The predicted octanol–water partition coefficient (Wildman–Crippen LogP) is 2.73. The van der Waals surface area contributed by atoms with Crippen LogP contribution in [0, 0.1) is 0 Å². The minimum atomic E-state index is -1.29. The molecule has 9 nitrogen and oxygen atoms in total. The number of benzene rings is 2. The molecule has 2 aliphatic heterocycles. The van der Waals surface area contributed by atoms with E-state index in [2.05, 4.69) is 5.32 Å². The van der Waals surface area contributed by atoms with Gasteiger partial charge >= 0.3 is 5.97 Å². The molecule has 0 unspecified atom stereocenters. The maximum absolute atomic E-state index is 12.6. The van der Waals surface area contributed by atoms with Crippen LogP contribution in [-0.4, -0.2) is 53.6 Å². The Labute approximate surface area is 191 Å². The number of hydrogen-bond donors (Lipinski definition) is 1. The van der Waals surface area contributed by atoms with Gasteiger partial charge in [-0.15, -0.1) is 0 Å². The number of carbonyl (C=O) groups excluding carboxylic acids is 5. The fourth-order valence-electron chi connectivity index (χ4n) is 3.31. The summed E-state index contributed by atoms with van der Waals surface area (Å²) >= 11 is 11.8. The van der Waals surface area contributed by atoms with Gasteiger partial charge in [0.15, 0.2) is 19.0 Å². The third-order valence-corrected chi connectivity index (χ3v) is 5.69. The highest BCUT2D eigenvalue weighted by Gasteiger charge is 2.42. The quantitative estimate of drug-likeness (QED) is 0.400. The Hall–Kier alpha value is -3.43. The average molecular weight is 477 g/mol. The third-order valence-electron chi connectivity index (χ3n) is 4.97. The van der Waals surface area contributed by atoms with E-state index in [1.165, 1.54) is 37.3 Å². The summed E-state index contributed by atoms with van der Waals surface area (Å²) in [6.07, 6.45) is 0. The number of halogens is 2. The van der Waals surface area contributed by atoms with Crippen molar-refractivity contribution in [2.45, 2.75) is 13.0 Å². The van der Waals surface area contributed by atoms with E-state index in [1.807, 2.05) is 0 Å². The van der Waals surface area contributed by atoms with Crippen molar-refractivity contribution in [3.05, 3.63) is 57.1 Å². The van der Waals surface area contributed by atoms with Crippen molar-refractivity contribution in [3.8, 4) is 5.75 Å². The van der Waals surface area contributed by atoms with Gasteiger partial charge in [0.05, 0.1) is 26.9 Å². The number of ketones is 1. The van der Waals surface area contributed by atoms with Crippen LogP contribution in [0.2, 0.25) is 10.0 Å². The lowest BCUT2D eigenvalue weighted by Crippen LogP contribution is -2.44. The molecule has 11 heteroatoms. The number of amides is 3. The van der Waals surface area contributed by atoms with Gasteiger partial charge in [-0.1, -0.05) is 23.2 Å². The molecular formula is C21H14Cl2N2O7. The van der Waals surface area contributed by atoms with Crippen LogP contribution in [0.4, 0.5) is 5.69 Å². The van der Waals surface area contributed by atoms with Crippen LogP contribution >= 0.6 is 23.2 Å². The first kappa shape index (κ1) is 21.8. The average Bonchev–Trinajstić information content (AvgIpc) is 3.00. The van der Waals surface area contributed by atoms with E-state index in [4.69, 9.17) is 32.7 Å². The summed E-state index contributed by atoms with van der Waals surface area (Å²) in [7, 11) is 0. The summed E-state index contributed by atoms with van der Waals surface area (Å²) in [6, 6.07) is 5.63. The number of Topliss-reactive ketones (excluding diaryl/α,β-unsaturated/α-hetero) is 1. The van der Waals surface area contributed by atoms with E-state index in [1.54, 1.807) is 0 Å². The first-order valence-corrected chi connectivity index (χ1v) is 10.1. The maximum Gasteiger partial charge on any atom is 0.329 e. The Morgan fingerprint density at radius 2 is 1.72 bits per heavy atom. The van der Waals surface area contributed by atoms with E-state index < -0.39 is 36.2 Å². The summed E-state index contributed by atoms with van der Waals surface area (Å²) < 4.78 is 10.3. The van der Waals surface area contributed by atoms with Crippen LogP contribution in [0.5, 0.6) is 5.75 Å². The number of anilines is 1. The molecule has 0 saturated heterocycles. The first-order valence-electron chi connectivity index (χ1n) is 9.31. The Bertz CT molecular complexity index is 1170. The van der Waals surface area contributed by atoms with Crippen LogP contribution in [0.1, 0.15) is 38.0 Å². The molecule has 2 aromatic rings. The molecule has 2 aliphatic rings. The second kappa shape index (κ2) is 8.25. The smallest absolute Gasteiger partial charge is 0.329 e. The molecule has 0 bridgehead atoms. The number of fused-ring (bicyclic) bond motifs is 2. The lowest BCUT2D eigenvalue weighted by Gasteiger charge is -2.21. The van der Waals surface area contributed by atoms with E-state index in [0.29, 0.717) is 11.4 Å². The van der Waals surface area contributed by atoms with Crippen LogP contribution in [-0.2, 0) is 14.3 Å². The van der Waals surface area contributed by atoms with Gasteiger partial charge in [-0.3, -0.25) is 24.1 Å². The minimum absolute atomic E-state index is 0.0263. The lowest BCUT2D eigenvalue weighted by molar-refractivity contribution is -0.146. The summed E-state index contributed by atoms with van der Waals surface area (Å²) in [4.78, 5) is 62.3. The molecule has 0 radical (unpaired) electrons. The Kier molecular flexibility index (Phi) is 5.62. The molecule has 0 saturated carbocycles. The summed E-state index contributed by atoms with van der Waals surface area (Å²) in [5.41, 5.74) is 0.562. The van der Waals surface area contributed by atoms with Crippen LogP contribution in [0.15, 0.2) is 30.3 Å². The molecule has 1 atom stereocenters. The molecule has 2 aromatic carbocycles. The van der Waals surface area contributed by atoms with E-state index in [0.717, 1.165) is 4.90 Å². The predicted molar refractivity (Wildman–Crippen MR) is 112 cm³/mol. The van der Waals surface area contributed by atoms with Gasteiger partial charge in [0.1, 0.15) is 11.8 Å². The number of esters is 1. The van der Waals surface area contributed by atoms with Gasteiger partial charge in [-0.2, -0.15) is 0 Å². The lowest BCUT2D eigenvalue weighted by atomic mass is 10.1. The minimum Gasteiger partial charge on any atom is -0.482 e. The molecule has 0 fully saturated rings. The number of nitrogens with zero attached hydrogens (tertiary/aromatic N) is 1. The number of rotatable bonds is 5. The number of nitrogens with one attached hydrogen (secondary N) is 1. The molecule has 1 N–H and O–H groups in total. The van der Waals surface area contributed by atoms with Crippen LogP contribution < -0.4 is 10.1 Å². The zero-order chi connectivity index (χ0) is 23.2. The number of imide groups is 1. The van der Waals surface area contributed by atoms with Gasteiger partial charge in [0.25, 0.3) is 17.7 Å². The summed E-state index contributed by atoms with van der Waals surface area (Å²) in [5, 5.41) is 2.77. The second-order valence-corrected chi connectivity index (χ2v) is 7.86. The van der Waals surface area contributed by atoms with E-state index in [-0.39, 0.29) is 39.2 Å². The highest BCUT2D eigenvalue weighted by molar-refractivity contribution is 6.43. The Morgan fingerprint density at radius 1 is 1.09 bits per heavy atom. The van der Waals surface area contributed by atoms with Crippen molar-refractivity contribution in [1.29, 1.82) is 0 Å². The molecule has 0 spiro atoms. The van der Waals surface area contributed by atoms with Gasteiger partial charge in [0, 0.05) is 5.56 Å². The standard InChI is InChI=1S/C21H14Cl2N2O7/c1-9(25-19(28)11-5-13(22)14(23)6-12(11)20(25)29)21(30)32-7-16(26)10-2-3-17-15(4-10)24-18(27)8-31-17/h2-6,9H,7-8H2,1H3,(H,24,27)/t9-/m0/s1. The van der Waals surface area contributed by atoms with Crippen molar-refractivity contribution in [1.82, 2.24) is 4.90 Å². The Balaban J connectivity index is 1.43. The van der Waals surface area contributed by atoms with Crippen molar-refractivity contribution in [2.24, 2.45) is 0 Å². The monoisotopic (exact) mass is 476 g/mol. The fourth-order valence-corrected chi connectivity index (χ4v) is 3.63. The first-order chi connectivity index (χ1) is 15.2. The number of hydrogen-bond acceptors (Lipinski definition) is 7. The van der Waals surface area contributed by atoms with Gasteiger partial charge in [-0.05, 0) is 37.3 Å². The van der Waals surface area contributed by atoms with Crippen LogP contribution in [0.25, 0.3) is 0 Å². The van der Waals surface area contributed by atoms with Crippen molar-refractivity contribution in [2.75, 3.05) is 18.5 Å². The fraction of sp³-hybridized carbons (Fsp3) is 0.190. The van der Waals surface area contributed by atoms with Crippen molar-refractivity contribution >= 4 is 58.4 Å². The summed E-state index contributed by atoms with van der Waals surface area (Å²) in [6.45, 7) is 0.563. The molecule has 2 heterocycles. The van der Waals surface area contributed by atoms with Gasteiger partial charge in [-0.25, -0.2) is 4.79 Å². The number of ether oxygens (including phenoxy) is 2. The topological polar surface area (TPSA) is 119 Å². The maximum atomic E-state index is 12.6. The zero-order valence-electron chi connectivity index (χ0n) is 16.4. The normalized spacial score (nSPS) is 15.5. The zero-order valence-corrected chi connectivity index (χ0v) is 18.0. The highest BCUT2D eigenvalue weighted by Crippen LogP contribution is 2.32. The van der Waals surface area contributed by atoms with E-state index in [9.17, 15) is 24.0 Å². The van der Waals surface area contributed by atoms with Crippen molar-refractivity contribution in [3.63, 3.8) is 0 Å². The van der Waals surface area contributed by atoms with Crippen molar-refractivity contribution < 1.29 is 33.4 Å².